The van der Waals surface area contributed by atoms with E-state index in [0.29, 0.717) is 11.4 Å². The fourth-order valence-corrected chi connectivity index (χ4v) is 2.02. The van der Waals surface area contributed by atoms with Crippen LogP contribution in [-0.4, -0.2) is 15.9 Å². The van der Waals surface area contributed by atoms with Gasteiger partial charge in [0.05, 0.1) is 10.2 Å². The molecule has 0 amide bonds. The molecule has 0 radical (unpaired) electrons. The minimum atomic E-state index is -4.73. The van der Waals surface area contributed by atoms with Gasteiger partial charge >= 0.3 is 6.36 Å². The van der Waals surface area contributed by atoms with Crippen molar-refractivity contribution in [1.29, 1.82) is 0 Å². The van der Waals surface area contributed by atoms with Crippen LogP contribution < -0.4 is 10.5 Å². The number of aromatic nitrogens is 2. The highest BCUT2D eigenvalue weighted by atomic mass is 79.9. The second kappa shape index (κ2) is 4.76. The summed E-state index contributed by atoms with van der Waals surface area (Å²) in [4.78, 5) is 4.01. The number of hydrogen-bond donors (Lipinski definition) is 1. The Morgan fingerprint density at radius 3 is 2.53 bits per heavy atom. The summed E-state index contributed by atoms with van der Waals surface area (Å²) in [5, 5.41) is 0. The Kier molecular flexibility index (Phi) is 3.44. The summed E-state index contributed by atoms with van der Waals surface area (Å²) < 4.78 is 42.0. The van der Waals surface area contributed by atoms with Crippen molar-refractivity contribution in [1.82, 2.24) is 9.55 Å². The van der Waals surface area contributed by atoms with Gasteiger partial charge < -0.3 is 10.5 Å². The molecule has 0 atom stereocenters. The molecule has 2 N–H and O–H groups in total. The fraction of sp³-hybridized carbons (Fsp3) is 0.182. The van der Waals surface area contributed by atoms with E-state index in [2.05, 4.69) is 25.7 Å². The summed E-state index contributed by atoms with van der Waals surface area (Å²) in [5.41, 5.74) is 6.98. The van der Waals surface area contributed by atoms with Crippen LogP contribution >= 0.6 is 15.9 Å². The third kappa shape index (κ3) is 3.19. The van der Waals surface area contributed by atoms with Crippen molar-refractivity contribution < 1.29 is 17.9 Å². The molecular formula is C11H9BrF3N3O. The van der Waals surface area contributed by atoms with E-state index in [1.807, 2.05) is 0 Å². The molecule has 0 aliphatic rings. The number of ether oxygens (including phenoxy) is 1. The van der Waals surface area contributed by atoms with Crippen LogP contribution in [-0.2, 0) is 0 Å². The minimum Gasteiger partial charge on any atom is -0.405 e. The van der Waals surface area contributed by atoms with E-state index in [-0.39, 0.29) is 16.2 Å². The van der Waals surface area contributed by atoms with Gasteiger partial charge in [-0.2, -0.15) is 0 Å². The summed E-state index contributed by atoms with van der Waals surface area (Å²) in [7, 11) is 0. The number of nitrogens with two attached hydrogens (primary N) is 1. The molecular weight excluding hydrogens is 327 g/mol. The average molecular weight is 336 g/mol. The lowest BCUT2D eigenvalue weighted by Gasteiger charge is -2.12. The van der Waals surface area contributed by atoms with E-state index in [4.69, 9.17) is 5.73 Å². The van der Waals surface area contributed by atoms with E-state index < -0.39 is 6.36 Å². The molecule has 0 fully saturated rings. The average Bonchev–Trinajstić information content (AvgIpc) is 2.59. The predicted octanol–water partition coefficient (Wildman–Crippen LogP) is 3.42. The maximum absolute atomic E-state index is 12.1. The summed E-state index contributed by atoms with van der Waals surface area (Å²) in [6.07, 6.45) is -3.05. The smallest absolute Gasteiger partial charge is 0.405 e. The van der Waals surface area contributed by atoms with E-state index in [0.717, 1.165) is 0 Å². The number of benzene rings is 1. The molecule has 0 bridgehead atoms. The van der Waals surface area contributed by atoms with Gasteiger partial charge in [-0.15, -0.1) is 13.2 Å². The van der Waals surface area contributed by atoms with Gasteiger partial charge in [0.15, 0.2) is 0 Å². The zero-order valence-corrected chi connectivity index (χ0v) is 11.3. The first-order chi connectivity index (χ1) is 8.76. The van der Waals surface area contributed by atoms with Crippen LogP contribution in [0.3, 0.4) is 0 Å². The largest absolute Gasteiger partial charge is 0.573 e. The molecule has 0 spiro atoms. The molecule has 2 aromatic rings. The van der Waals surface area contributed by atoms with Crippen LogP contribution in [0.15, 0.2) is 28.9 Å². The molecule has 19 heavy (non-hydrogen) atoms. The Morgan fingerprint density at radius 2 is 2.05 bits per heavy atom. The number of nitrogens with zero attached hydrogens (tertiary/aromatic N) is 2. The lowest BCUT2D eigenvalue weighted by Crippen LogP contribution is -2.17. The number of halogens is 4. The number of nitrogen functional groups attached to an aromatic ring is 1. The van der Waals surface area contributed by atoms with Gasteiger partial charge in [0.2, 0.25) is 5.95 Å². The van der Waals surface area contributed by atoms with Gasteiger partial charge in [-0.25, -0.2) is 4.98 Å². The van der Waals surface area contributed by atoms with Crippen molar-refractivity contribution in [2.75, 3.05) is 5.73 Å². The highest BCUT2D eigenvalue weighted by molar-refractivity contribution is 9.10. The zero-order chi connectivity index (χ0) is 14.2. The van der Waals surface area contributed by atoms with Gasteiger partial charge in [-0.3, -0.25) is 4.57 Å². The third-order valence-electron chi connectivity index (χ3n) is 2.27. The summed E-state index contributed by atoms with van der Waals surface area (Å²) in [6, 6.07) is 4.14. The molecule has 102 valence electrons. The van der Waals surface area contributed by atoms with Crippen LogP contribution in [0.25, 0.3) is 5.69 Å². The SMILES string of the molecule is Cc1cn(-c2ccc(OC(F)(F)F)c(Br)c2)c(N)n1. The van der Waals surface area contributed by atoms with Crippen molar-refractivity contribution in [2.45, 2.75) is 13.3 Å². The van der Waals surface area contributed by atoms with Crippen LogP contribution in [0.4, 0.5) is 19.1 Å². The zero-order valence-electron chi connectivity index (χ0n) is 9.70. The molecule has 0 aliphatic heterocycles. The summed E-state index contributed by atoms with van der Waals surface area (Å²) in [5.74, 6) is -0.0550. The first-order valence-electron chi connectivity index (χ1n) is 5.13. The maximum Gasteiger partial charge on any atom is 0.573 e. The Morgan fingerprint density at radius 1 is 1.37 bits per heavy atom. The number of imidazole rings is 1. The summed E-state index contributed by atoms with van der Waals surface area (Å²) in [6.45, 7) is 1.77. The van der Waals surface area contributed by atoms with E-state index >= 15 is 0 Å². The normalized spacial score (nSPS) is 11.6. The number of anilines is 1. The second-order valence-corrected chi connectivity index (χ2v) is 4.63. The molecule has 1 heterocycles. The third-order valence-corrected chi connectivity index (χ3v) is 2.89. The standard InChI is InChI=1S/C11H9BrF3N3O/c1-6-5-18(10(16)17-6)7-2-3-9(8(12)4-7)19-11(13,14)15/h2-5H,1H3,(H2,16,17). The van der Waals surface area contributed by atoms with Gasteiger partial charge in [0.25, 0.3) is 0 Å². The van der Waals surface area contributed by atoms with Crippen LogP contribution in [0.1, 0.15) is 5.69 Å². The first-order valence-corrected chi connectivity index (χ1v) is 5.93. The Hall–Kier alpha value is -1.70. The number of aryl methyl sites for hydroxylation is 1. The van der Waals surface area contributed by atoms with Gasteiger partial charge in [0.1, 0.15) is 5.75 Å². The van der Waals surface area contributed by atoms with E-state index in [1.54, 1.807) is 17.7 Å². The molecule has 0 saturated carbocycles. The lowest BCUT2D eigenvalue weighted by atomic mass is 10.3. The van der Waals surface area contributed by atoms with Gasteiger partial charge in [-0.1, -0.05) is 0 Å². The minimum absolute atomic E-state index is 0.174. The molecule has 8 heteroatoms. The number of hydrogen-bond acceptors (Lipinski definition) is 3. The lowest BCUT2D eigenvalue weighted by molar-refractivity contribution is -0.274. The molecule has 1 aromatic carbocycles. The topological polar surface area (TPSA) is 53.1 Å². The van der Waals surface area contributed by atoms with Gasteiger partial charge in [-0.05, 0) is 41.1 Å². The van der Waals surface area contributed by atoms with Crippen molar-refractivity contribution >= 4 is 21.9 Å². The highest BCUT2D eigenvalue weighted by Gasteiger charge is 2.32. The summed E-state index contributed by atoms with van der Waals surface area (Å²) >= 11 is 3.03. The molecule has 1 aromatic heterocycles. The molecule has 0 saturated heterocycles. The quantitative estimate of drug-likeness (QED) is 0.914. The van der Waals surface area contributed by atoms with Crippen LogP contribution in [0.2, 0.25) is 0 Å². The fourth-order valence-electron chi connectivity index (χ4n) is 1.57. The second-order valence-electron chi connectivity index (χ2n) is 3.77. The highest BCUT2D eigenvalue weighted by Crippen LogP contribution is 2.32. The number of rotatable bonds is 2. The van der Waals surface area contributed by atoms with Crippen molar-refractivity contribution in [3.05, 3.63) is 34.6 Å². The predicted molar refractivity (Wildman–Crippen MR) is 67.1 cm³/mol. The van der Waals surface area contributed by atoms with Crippen molar-refractivity contribution in [3.63, 3.8) is 0 Å². The Labute approximate surface area is 115 Å². The first kappa shape index (κ1) is 13.7. The number of alkyl halides is 3. The van der Waals surface area contributed by atoms with E-state index in [1.165, 1.54) is 18.2 Å². The van der Waals surface area contributed by atoms with Crippen LogP contribution in [0, 0.1) is 6.92 Å². The Bertz CT molecular complexity index is 610. The monoisotopic (exact) mass is 335 g/mol. The molecule has 0 aliphatic carbocycles. The van der Waals surface area contributed by atoms with Crippen LogP contribution in [0.5, 0.6) is 5.75 Å². The van der Waals surface area contributed by atoms with Crippen molar-refractivity contribution in [2.24, 2.45) is 0 Å². The molecule has 2 rings (SSSR count). The molecule has 4 nitrogen and oxygen atoms in total. The van der Waals surface area contributed by atoms with E-state index in [9.17, 15) is 13.2 Å². The maximum atomic E-state index is 12.1. The Balaban J connectivity index is 2.36. The van der Waals surface area contributed by atoms with Crippen molar-refractivity contribution in [3.8, 4) is 11.4 Å². The van der Waals surface area contributed by atoms with Gasteiger partial charge in [0, 0.05) is 11.9 Å². The molecule has 0 unspecified atom stereocenters.